The molecule has 0 spiro atoms. The van der Waals surface area contributed by atoms with Crippen LogP contribution in [0.2, 0.25) is 0 Å². The summed E-state index contributed by atoms with van der Waals surface area (Å²) in [6.07, 6.45) is 9.82. The van der Waals surface area contributed by atoms with Crippen molar-refractivity contribution in [2.24, 2.45) is 23.2 Å². The highest BCUT2D eigenvalue weighted by atomic mass is 19.1. The van der Waals surface area contributed by atoms with E-state index in [9.17, 15) is 15.0 Å². The van der Waals surface area contributed by atoms with Crippen molar-refractivity contribution in [3.8, 4) is 5.75 Å². The van der Waals surface area contributed by atoms with Gasteiger partial charge in [0, 0.05) is 25.1 Å². The molecule has 0 saturated heterocycles. The third-order valence-corrected chi connectivity index (χ3v) is 12.9. The Morgan fingerprint density at radius 2 is 1.68 bits per heavy atom. The molecule has 4 aromatic rings. The van der Waals surface area contributed by atoms with Gasteiger partial charge in [0.2, 0.25) is 5.91 Å². The Balaban J connectivity index is 1.02. The number of carbonyl (C=O) groups excluding carboxylic acids is 1. The zero-order chi connectivity index (χ0) is 34.8. The molecule has 2 fully saturated rings. The number of aliphatic hydroxyl groups is 1. The first-order chi connectivity index (χ1) is 24.2. The lowest BCUT2D eigenvalue weighted by molar-refractivity contribution is -0.116. The third kappa shape index (κ3) is 6.83. The molecular weight excluding hydrogens is 621 g/mol. The monoisotopic (exact) mass is 675 g/mol. The van der Waals surface area contributed by atoms with E-state index >= 15 is 4.39 Å². The molecule has 3 aliphatic carbocycles. The molecule has 0 heterocycles. The Labute approximate surface area is 297 Å². The third-order valence-electron chi connectivity index (χ3n) is 12.9. The molecule has 4 nitrogen and oxygen atoms in total. The molecule has 2 N–H and O–H groups in total. The maximum atomic E-state index is 16.2. The predicted molar refractivity (Wildman–Crippen MR) is 201 cm³/mol. The minimum absolute atomic E-state index is 0.0828. The van der Waals surface area contributed by atoms with Gasteiger partial charge in [0.25, 0.3) is 0 Å². The zero-order valence-corrected chi connectivity index (χ0v) is 29.9. The van der Waals surface area contributed by atoms with Gasteiger partial charge in [-0.2, -0.15) is 0 Å². The number of hydrogen-bond acceptors (Lipinski definition) is 3. The first-order valence-corrected chi connectivity index (χ1v) is 19.2. The fraction of sp³-hybridized carbons (Fsp3) is 0.489. The molecule has 0 bridgehead atoms. The Morgan fingerprint density at radius 3 is 2.50 bits per heavy atom. The van der Waals surface area contributed by atoms with Gasteiger partial charge in [-0.15, -0.1) is 0 Å². The number of aliphatic hydroxyl groups excluding tert-OH is 1. The highest BCUT2D eigenvalue weighted by molar-refractivity contribution is 5.98. The number of halogens is 1. The van der Waals surface area contributed by atoms with Crippen LogP contribution in [0.25, 0.3) is 10.8 Å². The molecule has 4 aromatic carbocycles. The standard InChI is InChI=1S/C45H54FNO3/c1-30(48)47(26-12-15-31-13-6-5-7-14-31)41-24-20-32-16-10-11-18-36(32)38(41)19-9-4-3-8-17-33-27-34-28-35(49)21-22-37(34)44-40(46)29-45(2)39(43(33)44)23-25-42(45)50/h5-7,10-11,13-14,16,18,20-22,24,28,33,39-40,42-44,49-50H,3-4,8-9,12,15,17,19,23,25-27,29H2,1-2H3/t33-,39+,40+,42+,43+,44+,45+/m1/s1. The van der Waals surface area contributed by atoms with Crippen LogP contribution in [-0.4, -0.2) is 34.9 Å². The number of aryl methyl sites for hydroxylation is 2. The van der Waals surface area contributed by atoms with Crippen LogP contribution in [0.5, 0.6) is 5.75 Å². The molecule has 7 rings (SSSR count). The minimum Gasteiger partial charge on any atom is -0.508 e. The lowest BCUT2D eigenvalue weighted by Gasteiger charge is -2.54. The fourth-order valence-electron chi connectivity index (χ4n) is 10.5. The molecule has 0 aliphatic heterocycles. The Bertz CT molecular complexity index is 1790. The molecule has 0 unspecified atom stereocenters. The van der Waals surface area contributed by atoms with Gasteiger partial charge >= 0.3 is 0 Å². The van der Waals surface area contributed by atoms with E-state index in [4.69, 9.17) is 0 Å². The summed E-state index contributed by atoms with van der Waals surface area (Å²) in [6, 6.07) is 28.9. The molecule has 0 radical (unpaired) electrons. The van der Waals surface area contributed by atoms with Gasteiger partial charge in [0.05, 0.1) is 6.10 Å². The molecule has 50 heavy (non-hydrogen) atoms. The summed E-state index contributed by atoms with van der Waals surface area (Å²) in [7, 11) is 0. The second-order valence-corrected chi connectivity index (χ2v) is 15.9. The number of hydrogen-bond donors (Lipinski definition) is 2. The molecule has 2 saturated carbocycles. The van der Waals surface area contributed by atoms with Crippen molar-refractivity contribution in [3.63, 3.8) is 0 Å². The van der Waals surface area contributed by atoms with Gasteiger partial charge in [0.1, 0.15) is 11.9 Å². The molecule has 264 valence electrons. The van der Waals surface area contributed by atoms with Crippen molar-refractivity contribution in [2.45, 2.75) is 109 Å². The van der Waals surface area contributed by atoms with E-state index in [-0.39, 0.29) is 28.9 Å². The minimum atomic E-state index is -0.970. The normalized spacial score (nSPS) is 27.0. The second kappa shape index (κ2) is 14.9. The van der Waals surface area contributed by atoms with Crippen molar-refractivity contribution in [2.75, 3.05) is 11.4 Å². The largest absolute Gasteiger partial charge is 0.508 e. The SMILES string of the molecule is CC(=O)N(CCCc1ccccc1)c1ccc2ccccc2c1CCCCCC[C@@H]1Cc2cc(O)ccc2[C@@H]2[C@@H]1[C@@H]1CC[C@H](O)[C@@]1(C)C[C@@H]2F. The summed E-state index contributed by atoms with van der Waals surface area (Å²) in [4.78, 5) is 15.0. The average molecular weight is 676 g/mol. The molecule has 5 heteroatoms. The van der Waals surface area contributed by atoms with Crippen LogP contribution in [0, 0.1) is 23.2 Å². The smallest absolute Gasteiger partial charge is 0.223 e. The quantitative estimate of drug-likeness (QED) is 0.147. The van der Waals surface area contributed by atoms with Crippen molar-refractivity contribution in [1.29, 1.82) is 0 Å². The van der Waals surface area contributed by atoms with Crippen LogP contribution < -0.4 is 4.90 Å². The summed E-state index contributed by atoms with van der Waals surface area (Å²) >= 11 is 0. The van der Waals surface area contributed by atoms with E-state index in [1.54, 1.807) is 13.0 Å². The first kappa shape index (κ1) is 34.7. The van der Waals surface area contributed by atoms with E-state index in [1.807, 2.05) is 23.1 Å². The highest BCUT2D eigenvalue weighted by Crippen LogP contribution is 2.63. The number of anilines is 1. The lowest BCUT2D eigenvalue weighted by atomic mass is 9.51. The van der Waals surface area contributed by atoms with Crippen molar-refractivity contribution < 1.29 is 19.4 Å². The number of alkyl halides is 1. The van der Waals surface area contributed by atoms with Crippen molar-refractivity contribution in [3.05, 3.63) is 107 Å². The fourth-order valence-corrected chi connectivity index (χ4v) is 10.5. The maximum absolute atomic E-state index is 16.2. The van der Waals surface area contributed by atoms with E-state index < -0.39 is 12.3 Å². The van der Waals surface area contributed by atoms with Crippen LogP contribution in [-0.2, 0) is 24.1 Å². The van der Waals surface area contributed by atoms with Gasteiger partial charge in [0.15, 0.2) is 0 Å². The second-order valence-electron chi connectivity index (χ2n) is 15.9. The number of nitrogens with zero attached hydrogens (tertiary/aromatic N) is 1. The van der Waals surface area contributed by atoms with Crippen LogP contribution >= 0.6 is 0 Å². The molecule has 3 aliphatic rings. The molecular formula is C45H54FNO3. The van der Waals surface area contributed by atoms with E-state index in [0.717, 1.165) is 87.4 Å². The number of phenolic OH excluding ortho intramolecular Hbond substituents is 1. The van der Waals surface area contributed by atoms with E-state index in [0.29, 0.717) is 24.8 Å². The lowest BCUT2D eigenvalue weighted by Crippen LogP contribution is -2.51. The summed E-state index contributed by atoms with van der Waals surface area (Å²) in [6.45, 7) is 4.51. The predicted octanol–water partition coefficient (Wildman–Crippen LogP) is 10.1. The molecule has 1 amide bonds. The Hall–Kier alpha value is -3.70. The van der Waals surface area contributed by atoms with Crippen molar-refractivity contribution >= 4 is 22.4 Å². The average Bonchev–Trinajstić information content (AvgIpc) is 3.41. The number of amides is 1. The Morgan fingerprint density at radius 1 is 0.900 bits per heavy atom. The van der Waals surface area contributed by atoms with Crippen LogP contribution in [0.1, 0.15) is 99.8 Å². The molecule has 7 atom stereocenters. The zero-order valence-electron chi connectivity index (χ0n) is 29.9. The van der Waals surface area contributed by atoms with Crippen LogP contribution in [0.4, 0.5) is 10.1 Å². The van der Waals surface area contributed by atoms with Gasteiger partial charge in [-0.3, -0.25) is 4.79 Å². The number of unbranched alkanes of at least 4 members (excludes halogenated alkanes) is 3. The van der Waals surface area contributed by atoms with Gasteiger partial charge in [-0.05, 0) is 132 Å². The van der Waals surface area contributed by atoms with Gasteiger partial charge in [-0.25, -0.2) is 4.39 Å². The highest BCUT2D eigenvalue weighted by Gasteiger charge is 2.59. The number of aromatic hydroxyl groups is 1. The molecule has 0 aromatic heterocycles. The maximum Gasteiger partial charge on any atom is 0.223 e. The van der Waals surface area contributed by atoms with Crippen LogP contribution in [0.3, 0.4) is 0 Å². The summed E-state index contributed by atoms with van der Waals surface area (Å²) in [5.41, 5.74) is 5.45. The summed E-state index contributed by atoms with van der Waals surface area (Å²) < 4.78 is 16.2. The number of rotatable bonds is 12. The van der Waals surface area contributed by atoms with Gasteiger partial charge in [-0.1, -0.05) is 92.9 Å². The number of phenols is 1. The number of fused-ring (bicyclic) bond motifs is 6. The summed E-state index contributed by atoms with van der Waals surface area (Å²) in [5, 5.41) is 23.8. The number of benzene rings is 4. The Kier molecular flexibility index (Phi) is 10.3. The summed E-state index contributed by atoms with van der Waals surface area (Å²) in [5.74, 6) is 1.13. The number of carbonyl (C=O) groups is 1. The first-order valence-electron chi connectivity index (χ1n) is 19.2. The van der Waals surface area contributed by atoms with E-state index in [2.05, 4.69) is 67.6 Å². The van der Waals surface area contributed by atoms with E-state index in [1.165, 1.54) is 21.9 Å². The topological polar surface area (TPSA) is 60.8 Å². The van der Waals surface area contributed by atoms with Gasteiger partial charge < -0.3 is 15.1 Å². The van der Waals surface area contributed by atoms with Crippen LogP contribution in [0.15, 0.2) is 84.9 Å². The van der Waals surface area contributed by atoms with Crippen molar-refractivity contribution in [1.82, 2.24) is 0 Å².